The molecule has 0 saturated carbocycles. The van der Waals surface area contributed by atoms with Crippen LogP contribution in [0.3, 0.4) is 0 Å². The van der Waals surface area contributed by atoms with Gasteiger partial charge in [0.25, 0.3) is 10.2 Å². The maximum absolute atomic E-state index is 12.7. The molecule has 0 aromatic rings. The summed E-state index contributed by atoms with van der Waals surface area (Å²) in [5.74, 6) is 0.629. The fourth-order valence-electron chi connectivity index (χ4n) is 2.85. The maximum Gasteiger partial charge on any atom is 0.282 e. The van der Waals surface area contributed by atoms with Crippen molar-refractivity contribution in [3.05, 3.63) is 0 Å². The number of hydrogen-bond donors (Lipinski definition) is 1. The van der Waals surface area contributed by atoms with Gasteiger partial charge in [0, 0.05) is 39.3 Å². The first-order chi connectivity index (χ1) is 8.95. The van der Waals surface area contributed by atoms with Crippen LogP contribution in [0.2, 0.25) is 0 Å². The second-order valence-electron chi connectivity index (χ2n) is 5.85. The van der Waals surface area contributed by atoms with Crippen molar-refractivity contribution in [1.29, 1.82) is 0 Å². The Bertz CT molecular complexity index is 393. The molecule has 19 heavy (non-hydrogen) atoms. The van der Waals surface area contributed by atoms with Gasteiger partial charge < -0.3 is 10.6 Å². The molecule has 0 spiro atoms. The van der Waals surface area contributed by atoms with Crippen LogP contribution in [-0.2, 0) is 10.2 Å². The second-order valence-corrected chi connectivity index (χ2v) is 7.73. The Hall–Kier alpha value is -0.210. The van der Waals surface area contributed by atoms with Crippen LogP contribution < -0.4 is 5.73 Å². The zero-order chi connectivity index (χ0) is 14.0. The van der Waals surface area contributed by atoms with Crippen LogP contribution in [0.5, 0.6) is 0 Å². The molecule has 0 radical (unpaired) electrons. The molecule has 7 heteroatoms. The van der Waals surface area contributed by atoms with Crippen molar-refractivity contribution < 1.29 is 8.42 Å². The summed E-state index contributed by atoms with van der Waals surface area (Å²) in [6.45, 7) is 5.91. The summed E-state index contributed by atoms with van der Waals surface area (Å²) in [7, 11) is -1.32. The average Bonchev–Trinajstić information content (AvgIpc) is 2.38. The fourth-order valence-corrected chi connectivity index (χ4v) is 4.66. The molecule has 0 aliphatic carbocycles. The third kappa shape index (κ3) is 3.28. The van der Waals surface area contributed by atoms with E-state index in [2.05, 4.69) is 11.8 Å². The molecule has 2 fully saturated rings. The molecule has 0 aromatic carbocycles. The van der Waals surface area contributed by atoms with Gasteiger partial charge in [-0.05, 0) is 25.8 Å². The van der Waals surface area contributed by atoms with Gasteiger partial charge in [0.05, 0.1) is 6.04 Å². The largest absolute Gasteiger partial charge is 0.329 e. The minimum absolute atomic E-state index is 0.0944. The normalized spacial score (nSPS) is 29.7. The number of likely N-dealkylation sites (N-methyl/N-ethyl adjacent to an activating group) is 1. The molecular weight excluding hydrogens is 264 g/mol. The van der Waals surface area contributed by atoms with Crippen molar-refractivity contribution in [2.75, 3.05) is 46.3 Å². The van der Waals surface area contributed by atoms with Gasteiger partial charge >= 0.3 is 0 Å². The Kier molecular flexibility index (Phi) is 4.84. The highest BCUT2D eigenvalue weighted by Gasteiger charge is 2.38. The van der Waals surface area contributed by atoms with Crippen LogP contribution in [0.4, 0.5) is 0 Å². The number of hydrogen-bond acceptors (Lipinski definition) is 4. The van der Waals surface area contributed by atoms with Crippen LogP contribution in [0.15, 0.2) is 0 Å². The Morgan fingerprint density at radius 3 is 2.37 bits per heavy atom. The molecule has 6 nitrogen and oxygen atoms in total. The smallest absolute Gasteiger partial charge is 0.282 e. The zero-order valence-electron chi connectivity index (χ0n) is 12.0. The minimum atomic E-state index is -3.33. The van der Waals surface area contributed by atoms with E-state index in [1.807, 2.05) is 7.05 Å². The maximum atomic E-state index is 12.7. The van der Waals surface area contributed by atoms with Crippen LogP contribution >= 0.6 is 0 Å². The number of nitrogens with two attached hydrogens (primary N) is 1. The first kappa shape index (κ1) is 15.2. The monoisotopic (exact) mass is 290 g/mol. The molecule has 2 rings (SSSR count). The van der Waals surface area contributed by atoms with E-state index >= 15 is 0 Å². The first-order valence-corrected chi connectivity index (χ1v) is 8.50. The lowest BCUT2D eigenvalue weighted by atomic mass is 10.0. The van der Waals surface area contributed by atoms with E-state index in [4.69, 9.17) is 5.73 Å². The highest BCUT2D eigenvalue weighted by atomic mass is 32.2. The van der Waals surface area contributed by atoms with Crippen molar-refractivity contribution in [3.63, 3.8) is 0 Å². The highest BCUT2D eigenvalue weighted by Crippen LogP contribution is 2.23. The van der Waals surface area contributed by atoms with Crippen molar-refractivity contribution in [3.8, 4) is 0 Å². The van der Waals surface area contributed by atoms with Crippen molar-refractivity contribution in [1.82, 2.24) is 13.5 Å². The van der Waals surface area contributed by atoms with Gasteiger partial charge in [-0.3, -0.25) is 0 Å². The summed E-state index contributed by atoms with van der Waals surface area (Å²) < 4.78 is 28.7. The lowest BCUT2D eigenvalue weighted by Gasteiger charge is -2.42. The Morgan fingerprint density at radius 2 is 1.79 bits per heavy atom. The third-order valence-electron chi connectivity index (χ3n) is 4.27. The van der Waals surface area contributed by atoms with Crippen LogP contribution in [0.25, 0.3) is 0 Å². The van der Waals surface area contributed by atoms with Gasteiger partial charge in [0.15, 0.2) is 0 Å². The standard InChI is InChI=1S/C12H26N4O2S/c1-11-3-5-15(6-4-11)19(17,18)16-8-7-14(2)10-12(16)9-13/h11-12H,3-10,13H2,1-2H3. The Morgan fingerprint density at radius 1 is 1.16 bits per heavy atom. The summed E-state index contributed by atoms with van der Waals surface area (Å²) in [4.78, 5) is 2.14. The minimum Gasteiger partial charge on any atom is -0.329 e. The summed E-state index contributed by atoms with van der Waals surface area (Å²) in [6, 6.07) is -0.0944. The summed E-state index contributed by atoms with van der Waals surface area (Å²) in [5, 5.41) is 0. The van der Waals surface area contributed by atoms with Gasteiger partial charge in [0.1, 0.15) is 0 Å². The van der Waals surface area contributed by atoms with E-state index in [0.29, 0.717) is 32.1 Å². The molecule has 2 aliphatic heterocycles. The summed E-state index contributed by atoms with van der Waals surface area (Å²) in [6.07, 6.45) is 1.92. The molecule has 0 aromatic heterocycles. The van der Waals surface area contributed by atoms with Crippen LogP contribution in [-0.4, -0.2) is 74.3 Å². The predicted octanol–water partition coefficient (Wildman–Crippen LogP) is -0.462. The van der Waals surface area contributed by atoms with Crippen molar-refractivity contribution in [2.24, 2.45) is 11.7 Å². The number of rotatable bonds is 3. The lowest BCUT2D eigenvalue weighted by Crippen LogP contribution is -2.60. The van der Waals surface area contributed by atoms with Gasteiger partial charge in [0.2, 0.25) is 0 Å². The van der Waals surface area contributed by atoms with E-state index in [-0.39, 0.29) is 6.04 Å². The molecule has 2 N–H and O–H groups in total. The topological polar surface area (TPSA) is 69.9 Å². The van der Waals surface area contributed by atoms with E-state index in [9.17, 15) is 8.42 Å². The molecular formula is C12H26N4O2S. The van der Waals surface area contributed by atoms with E-state index in [1.165, 1.54) is 0 Å². The van der Waals surface area contributed by atoms with Crippen molar-refractivity contribution in [2.45, 2.75) is 25.8 Å². The molecule has 0 bridgehead atoms. The molecule has 112 valence electrons. The van der Waals surface area contributed by atoms with E-state index < -0.39 is 10.2 Å². The fraction of sp³-hybridized carbons (Fsp3) is 1.00. The summed E-state index contributed by atoms with van der Waals surface area (Å²) in [5.41, 5.74) is 5.75. The SMILES string of the molecule is CC1CCN(S(=O)(=O)N2CCN(C)CC2CN)CC1. The van der Waals surface area contributed by atoms with Crippen molar-refractivity contribution >= 4 is 10.2 Å². The number of piperazine rings is 1. The molecule has 2 aliphatic rings. The zero-order valence-corrected chi connectivity index (χ0v) is 12.8. The van der Waals surface area contributed by atoms with Gasteiger partial charge in [-0.15, -0.1) is 0 Å². The molecule has 0 amide bonds. The van der Waals surface area contributed by atoms with E-state index in [0.717, 1.165) is 25.9 Å². The molecule has 2 heterocycles. The van der Waals surface area contributed by atoms with Crippen LogP contribution in [0, 0.1) is 5.92 Å². The van der Waals surface area contributed by atoms with Gasteiger partial charge in [-0.25, -0.2) is 0 Å². The third-order valence-corrected chi connectivity index (χ3v) is 6.36. The first-order valence-electron chi connectivity index (χ1n) is 7.10. The molecule has 1 unspecified atom stereocenters. The van der Waals surface area contributed by atoms with Gasteiger partial charge in [-0.2, -0.15) is 17.0 Å². The number of piperidine rings is 1. The Labute approximate surface area is 116 Å². The Balaban J connectivity index is 2.09. The number of nitrogens with zero attached hydrogens (tertiary/aromatic N) is 3. The quantitative estimate of drug-likeness (QED) is 0.763. The van der Waals surface area contributed by atoms with Gasteiger partial charge in [-0.1, -0.05) is 6.92 Å². The average molecular weight is 290 g/mol. The molecule has 2 saturated heterocycles. The predicted molar refractivity (Wildman–Crippen MR) is 75.9 cm³/mol. The highest BCUT2D eigenvalue weighted by molar-refractivity contribution is 7.86. The second kappa shape index (κ2) is 6.05. The molecule has 1 atom stereocenters. The van der Waals surface area contributed by atoms with Crippen LogP contribution in [0.1, 0.15) is 19.8 Å². The lowest BCUT2D eigenvalue weighted by molar-refractivity contribution is 0.151. The van der Waals surface area contributed by atoms with E-state index in [1.54, 1.807) is 8.61 Å². The summed E-state index contributed by atoms with van der Waals surface area (Å²) >= 11 is 0.